The van der Waals surface area contributed by atoms with E-state index in [9.17, 15) is 9.59 Å². The summed E-state index contributed by atoms with van der Waals surface area (Å²) in [6.07, 6.45) is 4.24. The molecule has 0 saturated heterocycles. The third-order valence-electron chi connectivity index (χ3n) is 4.24. The molecular formula is C18H26N2O3. The van der Waals surface area contributed by atoms with Crippen LogP contribution in [0.2, 0.25) is 0 Å². The van der Waals surface area contributed by atoms with Crippen molar-refractivity contribution in [2.45, 2.75) is 52.1 Å². The number of carbonyl (C=O) groups excluding carboxylic acids is 2. The van der Waals surface area contributed by atoms with Crippen LogP contribution in [-0.4, -0.2) is 24.5 Å². The zero-order valence-corrected chi connectivity index (χ0v) is 13.9. The lowest BCUT2D eigenvalue weighted by Gasteiger charge is -2.23. The van der Waals surface area contributed by atoms with Crippen LogP contribution in [0.15, 0.2) is 24.3 Å². The van der Waals surface area contributed by atoms with Gasteiger partial charge in [0.25, 0.3) is 0 Å². The molecule has 0 aromatic heterocycles. The molecule has 1 aliphatic rings. The average molecular weight is 318 g/mol. The minimum atomic E-state index is -0.436. The van der Waals surface area contributed by atoms with Gasteiger partial charge >= 0.3 is 0 Å². The quantitative estimate of drug-likeness (QED) is 0.811. The van der Waals surface area contributed by atoms with Crippen molar-refractivity contribution in [3.63, 3.8) is 0 Å². The summed E-state index contributed by atoms with van der Waals surface area (Å²) in [4.78, 5) is 24.0. The first-order chi connectivity index (χ1) is 11.1. The van der Waals surface area contributed by atoms with Crippen LogP contribution in [-0.2, 0) is 16.1 Å². The van der Waals surface area contributed by atoms with Crippen LogP contribution < -0.4 is 15.4 Å². The largest absolute Gasteiger partial charge is 0.494 e. The highest BCUT2D eigenvalue weighted by molar-refractivity contribution is 5.87. The summed E-state index contributed by atoms with van der Waals surface area (Å²) in [5.74, 6) is 0.749. The lowest BCUT2D eigenvalue weighted by Crippen LogP contribution is -2.49. The Bertz CT molecular complexity index is 539. The van der Waals surface area contributed by atoms with E-state index in [1.807, 2.05) is 31.2 Å². The van der Waals surface area contributed by atoms with E-state index in [-0.39, 0.29) is 17.7 Å². The van der Waals surface area contributed by atoms with Crippen molar-refractivity contribution < 1.29 is 14.3 Å². The normalized spacial score (nSPS) is 15.9. The highest BCUT2D eigenvalue weighted by atomic mass is 16.5. The van der Waals surface area contributed by atoms with E-state index in [0.29, 0.717) is 13.2 Å². The van der Waals surface area contributed by atoms with E-state index in [1.165, 1.54) is 6.92 Å². The van der Waals surface area contributed by atoms with E-state index in [0.717, 1.165) is 37.0 Å². The maximum Gasteiger partial charge on any atom is 0.243 e. The van der Waals surface area contributed by atoms with Crippen molar-refractivity contribution >= 4 is 11.8 Å². The fraction of sp³-hybridized carbons (Fsp3) is 0.556. The molecule has 2 rings (SSSR count). The maximum atomic E-state index is 12.5. The van der Waals surface area contributed by atoms with Crippen LogP contribution in [0.1, 0.15) is 45.1 Å². The number of para-hydroxylation sites is 1. The van der Waals surface area contributed by atoms with E-state index < -0.39 is 6.04 Å². The molecule has 1 aliphatic carbocycles. The maximum absolute atomic E-state index is 12.5. The van der Waals surface area contributed by atoms with Crippen LogP contribution >= 0.6 is 0 Å². The third kappa shape index (κ3) is 4.98. The highest BCUT2D eigenvalue weighted by Crippen LogP contribution is 2.28. The van der Waals surface area contributed by atoms with Crippen LogP contribution in [0.5, 0.6) is 5.75 Å². The summed E-state index contributed by atoms with van der Waals surface area (Å²) in [5.41, 5.74) is 0.940. The number of carbonyl (C=O) groups is 2. The Morgan fingerprint density at radius 3 is 2.61 bits per heavy atom. The molecule has 1 aromatic carbocycles. The van der Waals surface area contributed by atoms with Crippen molar-refractivity contribution in [1.29, 1.82) is 0 Å². The summed E-state index contributed by atoms with van der Waals surface area (Å²) in [7, 11) is 0. The molecule has 5 nitrogen and oxygen atoms in total. The minimum Gasteiger partial charge on any atom is -0.494 e. The highest BCUT2D eigenvalue weighted by Gasteiger charge is 2.31. The van der Waals surface area contributed by atoms with Crippen molar-refractivity contribution in [3.8, 4) is 5.75 Å². The van der Waals surface area contributed by atoms with Gasteiger partial charge in [0, 0.05) is 19.0 Å². The van der Waals surface area contributed by atoms with Gasteiger partial charge in [-0.2, -0.15) is 0 Å². The predicted molar refractivity (Wildman–Crippen MR) is 89.0 cm³/mol. The first kappa shape index (κ1) is 17.3. The topological polar surface area (TPSA) is 67.4 Å². The Labute approximate surface area is 137 Å². The summed E-state index contributed by atoms with van der Waals surface area (Å²) in [5, 5.41) is 5.76. The Balaban J connectivity index is 1.99. The molecule has 1 saturated carbocycles. The third-order valence-corrected chi connectivity index (χ3v) is 4.24. The Morgan fingerprint density at radius 1 is 1.26 bits per heavy atom. The number of hydrogen-bond acceptors (Lipinski definition) is 3. The monoisotopic (exact) mass is 318 g/mol. The molecule has 0 aliphatic heterocycles. The van der Waals surface area contributed by atoms with Gasteiger partial charge in [-0.25, -0.2) is 0 Å². The zero-order valence-electron chi connectivity index (χ0n) is 13.9. The summed E-state index contributed by atoms with van der Waals surface area (Å²) >= 11 is 0. The van der Waals surface area contributed by atoms with Gasteiger partial charge in [-0.1, -0.05) is 31.0 Å². The number of ether oxygens (including phenoxy) is 1. The predicted octanol–water partition coefficient (Wildman–Crippen LogP) is 2.40. The van der Waals surface area contributed by atoms with Gasteiger partial charge in [-0.15, -0.1) is 0 Å². The van der Waals surface area contributed by atoms with Gasteiger partial charge in [0.1, 0.15) is 11.8 Å². The van der Waals surface area contributed by atoms with Gasteiger partial charge < -0.3 is 15.4 Å². The van der Waals surface area contributed by atoms with Crippen molar-refractivity contribution in [2.24, 2.45) is 5.92 Å². The standard InChI is InChI=1S/C18H26N2O3/c1-3-23-16-11-7-6-10-15(16)12-19-18(22)17(20-13(2)21)14-8-4-5-9-14/h6-7,10-11,14,17H,3-5,8-9,12H2,1-2H3,(H,19,22)(H,20,21). The molecule has 5 heteroatoms. The molecule has 0 heterocycles. The van der Waals surface area contributed by atoms with E-state index in [1.54, 1.807) is 0 Å². The molecule has 1 atom stereocenters. The van der Waals surface area contributed by atoms with Crippen LogP contribution in [0.4, 0.5) is 0 Å². The molecule has 126 valence electrons. The lowest BCUT2D eigenvalue weighted by atomic mass is 9.97. The second-order valence-electron chi connectivity index (χ2n) is 5.98. The Hall–Kier alpha value is -2.04. The second kappa shape index (κ2) is 8.56. The van der Waals surface area contributed by atoms with Crippen LogP contribution in [0.3, 0.4) is 0 Å². The number of nitrogens with one attached hydrogen (secondary N) is 2. The summed E-state index contributed by atoms with van der Waals surface area (Å²) in [6.45, 7) is 4.38. The first-order valence-corrected chi connectivity index (χ1v) is 8.37. The van der Waals surface area contributed by atoms with E-state index in [2.05, 4.69) is 10.6 Å². The van der Waals surface area contributed by atoms with Crippen LogP contribution in [0, 0.1) is 5.92 Å². The molecule has 23 heavy (non-hydrogen) atoms. The molecule has 1 unspecified atom stereocenters. The fourth-order valence-electron chi connectivity index (χ4n) is 3.15. The average Bonchev–Trinajstić information content (AvgIpc) is 3.05. The van der Waals surface area contributed by atoms with Gasteiger partial charge in [0.2, 0.25) is 11.8 Å². The van der Waals surface area contributed by atoms with E-state index in [4.69, 9.17) is 4.74 Å². The van der Waals surface area contributed by atoms with Gasteiger partial charge in [-0.3, -0.25) is 9.59 Å². The minimum absolute atomic E-state index is 0.113. The Morgan fingerprint density at radius 2 is 1.96 bits per heavy atom. The van der Waals surface area contributed by atoms with Gasteiger partial charge in [0.05, 0.1) is 6.61 Å². The summed E-state index contributed by atoms with van der Waals surface area (Å²) in [6, 6.07) is 7.23. The molecule has 1 fully saturated rings. The lowest BCUT2D eigenvalue weighted by molar-refractivity contribution is -0.129. The van der Waals surface area contributed by atoms with Crippen molar-refractivity contribution in [3.05, 3.63) is 29.8 Å². The van der Waals surface area contributed by atoms with Gasteiger partial charge in [-0.05, 0) is 31.7 Å². The van der Waals surface area contributed by atoms with E-state index >= 15 is 0 Å². The Kier molecular flexibility index (Phi) is 6.44. The smallest absolute Gasteiger partial charge is 0.243 e. The zero-order chi connectivity index (χ0) is 16.7. The van der Waals surface area contributed by atoms with Crippen molar-refractivity contribution in [2.75, 3.05) is 6.61 Å². The fourth-order valence-corrected chi connectivity index (χ4v) is 3.15. The summed E-state index contributed by atoms with van der Waals surface area (Å²) < 4.78 is 5.57. The number of rotatable bonds is 7. The molecule has 0 spiro atoms. The molecule has 0 bridgehead atoms. The molecular weight excluding hydrogens is 292 g/mol. The van der Waals surface area contributed by atoms with Crippen LogP contribution in [0.25, 0.3) is 0 Å². The molecule has 2 N–H and O–H groups in total. The van der Waals surface area contributed by atoms with Crippen molar-refractivity contribution in [1.82, 2.24) is 10.6 Å². The number of benzene rings is 1. The molecule has 2 amide bonds. The molecule has 0 radical (unpaired) electrons. The number of amides is 2. The second-order valence-corrected chi connectivity index (χ2v) is 5.98. The SMILES string of the molecule is CCOc1ccccc1CNC(=O)C(NC(C)=O)C1CCCC1. The van der Waals surface area contributed by atoms with Gasteiger partial charge in [0.15, 0.2) is 0 Å². The number of hydrogen-bond donors (Lipinski definition) is 2. The first-order valence-electron chi connectivity index (χ1n) is 8.37. The molecule has 1 aromatic rings.